The lowest BCUT2D eigenvalue weighted by Gasteiger charge is -2.25. The van der Waals surface area contributed by atoms with Gasteiger partial charge in [0.2, 0.25) is 0 Å². The average Bonchev–Trinajstić information content (AvgIpc) is 2.64. The van der Waals surface area contributed by atoms with Crippen LogP contribution in [0.5, 0.6) is 0 Å². The van der Waals surface area contributed by atoms with Crippen molar-refractivity contribution in [3.8, 4) is 0 Å². The fourth-order valence-corrected chi connectivity index (χ4v) is 2.74. The van der Waals surface area contributed by atoms with E-state index in [0.717, 1.165) is 11.1 Å². The van der Waals surface area contributed by atoms with Crippen molar-refractivity contribution in [2.45, 2.75) is 18.7 Å². The maximum atomic E-state index is 10.8. The third-order valence-corrected chi connectivity index (χ3v) is 3.98. The van der Waals surface area contributed by atoms with Gasteiger partial charge in [-0.1, -0.05) is 91.0 Å². The summed E-state index contributed by atoms with van der Waals surface area (Å²) in [5.41, 5.74) is 3.20. The topological polar surface area (TPSA) is 32.3 Å². The van der Waals surface area contributed by atoms with E-state index >= 15 is 0 Å². The number of aliphatic hydroxyl groups excluding tert-OH is 1. The van der Waals surface area contributed by atoms with Gasteiger partial charge >= 0.3 is 0 Å². The second-order valence-corrected chi connectivity index (χ2v) is 5.61. The Morgan fingerprint density at radius 3 is 1.70 bits per heavy atom. The number of benzene rings is 3. The van der Waals surface area contributed by atoms with E-state index < -0.39 is 6.10 Å². The molecule has 0 bridgehead atoms. The first-order chi connectivity index (χ1) is 11.3. The molecule has 0 aliphatic rings. The minimum atomic E-state index is -0.595. The van der Waals surface area contributed by atoms with E-state index in [0.29, 0.717) is 6.54 Å². The van der Waals surface area contributed by atoms with Gasteiger partial charge in [0.05, 0.1) is 12.1 Å². The maximum Gasteiger partial charge on any atom is 0.0984 e. The summed E-state index contributed by atoms with van der Waals surface area (Å²) >= 11 is 0. The predicted octanol–water partition coefficient (Wildman–Crippen LogP) is 4.25. The summed E-state index contributed by atoms with van der Waals surface area (Å²) in [5, 5.41) is 14.3. The van der Waals surface area contributed by atoms with Gasteiger partial charge in [-0.15, -0.1) is 0 Å². The molecular formula is C21H21NO. The molecule has 0 aliphatic carbocycles. The van der Waals surface area contributed by atoms with Gasteiger partial charge in [0.1, 0.15) is 0 Å². The maximum absolute atomic E-state index is 10.8. The highest BCUT2D eigenvalue weighted by Gasteiger charge is 2.22. The van der Waals surface area contributed by atoms with Crippen molar-refractivity contribution >= 4 is 0 Å². The molecule has 0 fully saturated rings. The van der Waals surface area contributed by atoms with Crippen LogP contribution in [0.25, 0.3) is 0 Å². The van der Waals surface area contributed by atoms with E-state index in [1.807, 2.05) is 66.7 Å². The number of hydrogen-bond donors (Lipinski definition) is 2. The number of nitrogens with one attached hydrogen (secondary N) is 1. The van der Waals surface area contributed by atoms with E-state index in [9.17, 15) is 5.11 Å². The lowest BCUT2D eigenvalue weighted by Crippen LogP contribution is -2.27. The van der Waals surface area contributed by atoms with Crippen LogP contribution in [0.1, 0.15) is 28.8 Å². The highest BCUT2D eigenvalue weighted by molar-refractivity contribution is 5.26. The van der Waals surface area contributed by atoms with Crippen molar-refractivity contribution in [1.82, 2.24) is 5.32 Å². The van der Waals surface area contributed by atoms with E-state index in [2.05, 4.69) is 29.6 Å². The molecule has 0 saturated carbocycles. The number of rotatable bonds is 6. The fraction of sp³-hybridized carbons (Fsp3) is 0.143. The molecule has 0 unspecified atom stereocenters. The first-order valence-corrected chi connectivity index (χ1v) is 7.90. The lowest BCUT2D eigenvalue weighted by atomic mass is 9.95. The molecule has 116 valence electrons. The normalized spacial score (nSPS) is 13.4. The monoisotopic (exact) mass is 303 g/mol. The van der Waals surface area contributed by atoms with Gasteiger partial charge in [-0.25, -0.2) is 0 Å². The van der Waals surface area contributed by atoms with E-state index in [-0.39, 0.29) is 6.04 Å². The zero-order valence-electron chi connectivity index (χ0n) is 13.0. The molecule has 3 rings (SSSR count). The summed E-state index contributed by atoms with van der Waals surface area (Å²) < 4.78 is 0. The Bertz CT molecular complexity index is 698. The van der Waals surface area contributed by atoms with E-state index in [1.165, 1.54) is 5.56 Å². The second kappa shape index (κ2) is 7.73. The molecule has 0 heterocycles. The predicted molar refractivity (Wildman–Crippen MR) is 93.9 cm³/mol. The van der Waals surface area contributed by atoms with Crippen LogP contribution in [0.2, 0.25) is 0 Å². The molecule has 23 heavy (non-hydrogen) atoms. The van der Waals surface area contributed by atoms with Crippen LogP contribution in [0.15, 0.2) is 91.0 Å². The fourth-order valence-electron chi connectivity index (χ4n) is 2.74. The Balaban J connectivity index is 1.82. The zero-order chi connectivity index (χ0) is 15.9. The van der Waals surface area contributed by atoms with Gasteiger partial charge in [-0.05, 0) is 16.7 Å². The van der Waals surface area contributed by atoms with Crippen LogP contribution in [-0.2, 0) is 6.54 Å². The molecule has 2 heteroatoms. The second-order valence-electron chi connectivity index (χ2n) is 5.61. The minimum Gasteiger partial charge on any atom is -0.386 e. The van der Waals surface area contributed by atoms with Crippen molar-refractivity contribution in [2.24, 2.45) is 0 Å². The molecule has 0 amide bonds. The molecule has 2 N–H and O–H groups in total. The van der Waals surface area contributed by atoms with Crippen LogP contribution in [0, 0.1) is 0 Å². The number of aliphatic hydroxyl groups is 1. The van der Waals surface area contributed by atoms with Gasteiger partial charge in [-0.3, -0.25) is 0 Å². The largest absolute Gasteiger partial charge is 0.386 e. The molecule has 3 aromatic carbocycles. The summed E-state index contributed by atoms with van der Waals surface area (Å²) in [4.78, 5) is 0. The van der Waals surface area contributed by atoms with Crippen molar-refractivity contribution in [3.05, 3.63) is 108 Å². The van der Waals surface area contributed by atoms with Crippen LogP contribution in [-0.4, -0.2) is 5.11 Å². The highest BCUT2D eigenvalue weighted by Crippen LogP contribution is 2.28. The Hall–Kier alpha value is -2.42. The van der Waals surface area contributed by atoms with Gasteiger partial charge in [0.25, 0.3) is 0 Å². The van der Waals surface area contributed by atoms with Crippen molar-refractivity contribution in [2.75, 3.05) is 0 Å². The van der Waals surface area contributed by atoms with Crippen molar-refractivity contribution in [3.63, 3.8) is 0 Å². The van der Waals surface area contributed by atoms with Crippen LogP contribution in [0.4, 0.5) is 0 Å². The summed E-state index contributed by atoms with van der Waals surface area (Å²) in [5.74, 6) is 0. The summed E-state index contributed by atoms with van der Waals surface area (Å²) in [6, 6.07) is 30.0. The average molecular weight is 303 g/mol. The molecule has 0 aliphatic heterocycles. The first kappa shape index (κ1) is 15.5. The summed E-state index contributed by atoms with van der Waals surface area (Å²) in [6.45, 7) is 0.713. The van der Waals surface area contributed by atoms with Gasteiger partial charge in [-0.2, -0.15) is 0 Å². The SMILES string of the molecule is O[C@@H](c1ccccc1)[C@H](NCc1ccccc1)c1ccccc1. The Morgan fingerprint density at radius 2 is 1.13 bits per heavy atom. The molecule has 0 spiro atoms. The zero-order valence-corrected chi connectivity index (χ0v) is 13.0. The third-order valence-electron chi connectivity index (χ3n) is 3.98. The van der Waals surface area contributed by atoms with Gasteiger partial charge < -0.3 is 10.4 Å². The molecule has 3 aromatic rings. The van der Waals surface area contributed by atoms with Crippen LogP contribution >= 0.6 is 0 Å². The van der Waals surface area contributed by atoms with Crippen LogP contribution in [0.3, 0.4) is 0 Å². The van der Waals surface area contributed by atoms with Crippen molar-refractivity contribution in [1.29, 1.82) is 0 Å². The third kappa shape index (κ3) is 4.07. The molecule has 2 atom stereocenters. The quantitative estimate of drug-likeness (QED) is 0.713. The van der Waals surface area contributed by atoms with Gasteiger partial charge in [0, 0.05) is 6.54 Å². The van der Waals surface area contributed by atoms with Gasteiger partial charge in [0.15, 0.2) is 0 Å². The minimum absolute atomic E-state index is 0.154. The Labute approximate surface area is 137 Å². The van der Waals surface area contributed by atoms with E-state index in [1.54, 1.807) is 0 Å². The van der Waals surface area contributed by atoms with Crippen molar-refractivity contribution < 1.29 is 5.11 Å². The molecular weight excluding hydrogens is 282 g/mol. The molecule has 0 saturated heterocycles. The first-order valence-electron chi connectivity index (χ1n) is 7.90. The Kier molecular flexibility index (Phi) is 5.20. The summed E-state index contributed by atoms with van der Waals surface area (Å²) in [7, 11) is 0. The van der Waals surface area contributed by atoms with Crippen LogP contribution < -0.4 is 5.32 Å². The number of hydrogen-bond acceptors (Lipinski definition) is 2. The molecule has 0 radical (unpaired) electrons. The summed E-state index contributed by atoms with van der Waals surface area (Å²) in [6.07, 6.45) is -0.595. The van der Waals surface area contributed by atoms with E-state index in [4.69, 9.17) is 0 Å². The lowest BCUT2D eigenvalue weighted by molar-refractivity contribution is 0.127. The molecule has 0 aromatic heterocycles. The standard InChI is InChI=1S/C21H21NO/c23-21(19-14-8-3-9-15-19)20(18-12-6-2-7-13-18)22-16-17-10-4-1-5-11-17/h1-15,20-23H,16H2/t20-,21+/m1/s1. The highest BCUT2D eigenvalue weighted by atomic mass is 16.3. The molecule has 2 nitrogen and oxygen atoms in total. The smallest absolute Gasteiger partial charge is 0.0984 e. The Morgan fingerprint density at radius 1 is 0.652 bits per heavy atom.